The normalized spacial score (nSPS) is 29.5. The number of rotatable bonds is 8. The Morgan fingerprint density at radius 3 is 2.43 bits per heavy atom. The average Bonchev–Trinajstić information content (AvgIpc) is 2.51. The van der Waals surface area contributed by atoms with Crippen molar-refractivity contribution in [3.63, 3.8) is 0 Å². The Morgan fingerprint density at radius 2 is 1.83 bits per heavy atom. The van der Waals surface area contributed by atoms with E-state index in [4.69, 9.17) is 4.74 Å². The number of hydrogen-bond donors (Lipinski definition) is 1. The summed E-state index contributed by atoms with van der Waals surface area (Å²) < 4.78 is 5.81. The molecule has 0 saturated carbocycles. The number of β-amino-alcohol motifs (C(OH)–C–C–N with tert-alkyl or cyclic N) is 1. The third kappa shape index (κ3) is 6.92. The number of ether oxygens (including phenoxy) is 1. The van der Waals surface area contributed by atoms with Crippen molar-refractivity contribution in [2.75, 3.05) is 39.3 Å². The molecule has 0 bridgehead atoms. The molecule has 2 aliphatic rings. The van der Waals surface area contributed by atoms with Crippen LogP contribution in [0.15, 0.2) is 12.7 Å². The summed E-state index contributed by atoms with van der Waals surface area (Å²) in [6.07, 6.45) is 8.07. The Labute approximate surface area is 142 Å². The Bertz CT molecular complexity index is 332. The van der Waals surface area contributed by atoms with E-state index < -0.39 is 0 Å². The number of aliphatic hydroxyl groups excluding tert-OH is 1. The summed E-state index contributed by atoms with van der Waals surface area (Å²) in [5.74, 6) is 0.852. The van der Waals surface area contributed by atoms with E-state index >= 15 is 0 Å². The van der Waals surface area contributed by atoms with Crippen LogP contribution in [0, 0.1) is 5.92 Å². The van der Waals surface area contributed by atoms with Crippen LogP contribution in [0.25, 0.3) is 0 Å². The third-order valence-corrected chi connectivity index (χ3v) is 5.23. The molecule has 0 aromatic heterocycles. The summed E-state index contributed by atoms with van der Waals surface area (Å²) in [6.45, 7) is 14.6. The van der Waals surface area contributed by atoms with Crippen LogP contribution in [0.2, 0.25) is 0 Å². The first kappa shape index (κ1) is 18.9. The minimum atomic E-state index is -0.194. The fourth-order valence-electron chi connectivity index (χ4n) is 3.99. The first-order valence-corrected chi connectivity index (χ1v) is 9.46. The standard InChI is InChI=1S/C19H36N2O2/c1-4-5-6-19(22)15-20-10-7-18(8-11-20)9-12-21-13-16(2)23-17(3)14-21/h4,16-19,22H,1,5-15H2,2-3H3. The molecule has 0 aromatic carbocycles. The van der Waals surface area contributed by atoms with Crippen molar-refractivity contribution in [3.05, 3.63) is 12.7 Å². The zero-order chi connectivity index (χ0) is 16.7. The van der Waals surface area contributed by atoms with Gasteiger partial charge in [-0.05, 0) is 71.5 Å². The lowest BCUT2D eigenvalue weighted by Crippen LogP contribution is -2.46. The highest BCUT2D eigenvalue weighted by molar-refractivity contribution is 4.78. The van der Waals surface area contributed by atoms with Crippen molar-refractivity contribution < 1.29 is 9.84 Å². The van der Waals surface area contributed by atoms with Crippen LogP contribution in [0.1, 0.15) is 46.0 Å². The quantitative estimate of drug-likeness (QED) is 0.696. The second kappa shape index (κ2) is 9.77. The largest absolute Gasteiger partial charge is 0.392 e. The molecule has 0 spiro atoms. The van der Waals surface area contributed by atoms with E-state index in [0.29, 0.717) is 12.2 Å². The molecule has 2 heterocycles. The molecule has 23 heavy (non-hydrogen) atoms. The highest BCUT2D eigenvalue weighted by atomic mass is 16.5. The fraction of sp³-hybridized carbons (Fsp3) is 0.895. The number of nitrogens with zero attached hydrogens (tertiary/aromatic N) is 2. The zero-order valence-corrected chi connectivity index (χ0v) is 15.1. The molecule has 0 amide bonds. The molecule has 3 atom stereocenters. The van der Waals surface area contributed by atoms with Crippen molar-refractivity contribution in [1.82, 2.24) is 9.80 Å². The lowest BCUT2D eigenvalue weighted by molar-refractivity contribution is -0.0694. The van der Waals surface area contributed by atoms with Crippen molar-refractivity contribution >= 4 is 0 Å². The number of hydrogen-bond acceptors (Lipinski definition) is 4. The van der Waals surface area contributed by atoms with Gasteiger partial charge in [0.25, 0.3) is 0 Å². The van der Waals surface area contributed by atoms with Gasteiger partial charge in [-0.15, -0.1) is 6.58 Å². The van der Waals surface area contributed by atoms with Gasteiger partial charge in [-0.3, -0.25) is 4.90 Å². The summed E-state index contributed by atoms with van der Waals surface area (Å²) in [6, 6.07) is 0. The van der Waals surface area contributed by atoms with Crippen LogP contribution in [0.4, 0.5) is 0 Å². The summed E-state index contributed by atoms with van der Waals surface area (Å²) in [5, 5.41) is 10.0. The summed E-state index contributed by atoms with van der Waals surface area (Å²) in [7, 11) is 0. The van der Waals surface area contributed by atoms with Gasteiger partial charge in [-0.1, -0.05) is 6.08 Å². The van der Waals surface area contributed by atoms with Crippen LogP contribution in [-0.4, -0.2) is 72.5 Å². The molecule has 3 unspecified atom stereocenters. The lowest BCUT2D eigenvalue weighted by Gasteiger charge is -2.37. The molecule has 0 radical (unpaired) electrons. The van der Waals surface area contributed by atoms with Crippen molar-refractivity contribution in [3.8, 4) is 0 Å². The van der Waals surface area contributed by atoms with Crippen LogP contribution in [0.3, 0.4) is 0 Å². The first-order chi connectivity index (χ1) is 11.1. The Balaban J connectivity index is 1.60. The van der Waals surface area contributed by atoms with E-state index in [2.05, 4.69) is 30.2 Å². The number of likely N-dealkylation sites (tertiary alicyclic amines) is 1. The summed E-state index contributed by atoms with van der Waals surface area (Å²) in [4.78, 5) is 5.01. The highest BCUT2D eigenvalue weighted by Gasteiger charge is 2.24. The van der Waals surface area contributed by atoms with E-state index in [0.717, 1.165) is 51.5 Å². The molecular formula is C19H36N2O2. The van der Waals surface area contributed by atoms with Crippen LogP contribution in [-0.2, 0) is 4.74 Å². The van der Waals surface area contributed by atoms with Gasteiger partial charge >= 0.3 is 0 Å². The molecular weight excluding hydrogens is 288 g/mol. The number of aliphatic hydroxyl groups is 1. The molecule has 2 aliphatic heterocycles. The molecule has 4 heteroatoms. The predicted octanol–water partition coefficient (Wildman–Crippen LogP) is 2.52. The van der Waals surface area contributed by atoms with Crippen molar-refractivity contribution in [2.24, 2.45) is 5.92 Å². The molecule has 2 fully saturated rings. The van der Waals surface area contributed by atoms with Gasteiger partial charge in [0.05, 0.1) is 18.3 Å². The molecule has 4 nitrogen and oxygen atoms in total. The average molecular weight is 325 g/mol. The minimum absolute atomic E-state index is 0.194. The molecule has 2 rings (SSSR count). The molecule has 0 aromatic rings. The maximum absolute atomic E-state index is 10.0. The van der Waals surface area contributed by atoms with Crippen LogP contribution in [0.5, 0.6) is 0 Å². The first-order valence-electron chi connectivity index (χ1n) is 9.46. The maximum Gasteiger partial charge on any atom is 0.0678 e. The van der Waals surface area contributed by atoms with E-state index in [1.165, 1.54) is 25.8 Å². The number of piperidine rings is 1. The lowest BCUT2D eigenvalue weighted by atomic mass is 9.93. The van der Waals surface area contributed by atoms with Gasteiger partial charge in [0.1, 0.15) is 0 Å². The smallest absolute Gasteiger partial charge is 0.0678 e. The SMILES string of the molecule is C=CCCC(O)CN1CCC(CCN2CC(C)OC(C)C2)CC1. The van der Waals surface area contributed by atoms with Gasteiger partial charge < -0.3 is 14.7 Å². The van der Waals surface area contributed by atoms with Crippen LogP contribution < -0.4 is 0 Å². The minimum Gasteiger partial charge on any atom is -0.392 e. The van der Waals surface area contributed by atoms with Gasteiger partial charge in [-0.2, -0.15) is 0 Å². The Kier molecular flexibility index (Phi) is 8.04. The number of morpholine rings is 1. The zero-order valence-electron chi connectivity index (χ0n) is 15.1. The van der Waals surface area contributed by atoms with E-state index in [1.807, 2.05) is 6.08 Å². The topological polar surface area (TPSA) is 35.9 Å². The monoisotopic (exact) mass is 324 g/mol. The molecule has 0 aliphatic carbocycles. The summed E-state index contributed by atoms with van der Waals surface area (Å²) in [5.41, 5.74) is 0. The van der Waals surface area contributed by atoms with Crippen LogP contribution >= 0.6 is 0 Å². The van der Waals surface area contributed by atoms with Gasteiger partial charge in [-0.25, -0.2) is 0 Å². The third-order valence-electron chi connectivity index (χ3n) is 5.23. The molecule has 134 valence electrons. The second-order valence-corrected chi connectivity index (χ2v) is 7.57. The van der Waals surface area contributed by atoms with E-state index in [9.17, 15) is 5.11 Å². The van der Waals surface area contributed by atoms with Gasteiger partial charge in [0, 0.05) is 19.6 Å². The van der Waals surface area contributed by atoms with Crippen molar-refractivity contribution in [1.29, 1.82) is 0 Å². The van der Waals surface area contributed by atoms with Crippen molar-refractivity contribution in [2.45, 2.75) is 64.3 Å². The Morgan fingerprint density at radius 1 is 1.17 bits per heavy atom. The predicted molar refractivity (Wildman–Crippen MR) is 95.7 cm³/mol. The van der Waals surface area contributed by atoms with E-state index in [1.54, 1.807) is 0 Å². The maximum atomic E-state index is 10.0. The van der Waals surface area contributed by atoms with E-state index in [-0.39, 0.29) is 6.10 Å². The van der Waals surface area contributed by atoms with Gasteiger partial charge in [0.15, 0.2) is 0 Å². The summed E-state index contributed by atoms with van der Waals surface area (Å²) >= 11 is 0. The number of allylic oxidation sites excluding steroid dienone is 1. The highest BCUT2D eigenvalue weighted by Crippen LogP contribution is 2.22. The molecule has 2 saturated heterocycles. The second-order valence-electron chi connectivity index (χ2n) is 7.57. The Hall–Kier alpha value is -0.420. The fourth-order valence-corrected chi connectivity index (χ4v) is 3.99. The van der Waals surface area contributed by atoms with Gasteiger partial charge in [0.2, 0.25) is 0 Å². The molecule has 1 N–H and O–H groups in total.